The maximum absolute atomic E-state index is 9.73. The van der Waals surface area contributed by atoms with Crippen molar-refractivity contribution >= 4 is 98.3 Å². The molecular weight excluding hydrogens is 1700 g/mol. The van der Waals surface area contributed by atoms with E-state index in [9.17, 15) is 5.11 Å². The van der Waals surface area contributed by atoms with Gasteiger partial charge in [-0.1, -0.05) is 371 Å². The average molecular weight is 1850 g/mol. The van der Waals surface area contributed by atoms with E-state index in [1.165, 1.54) is 73.6 Å². The maximum Gasteiger partial charge on any atom is 0.261 e. The van der Waals surface area contributed by atoms with E-state index in [4.69, 9.17) is 28.5 Å². The zero-order valence-electron chi connectivity index (χ0n) is 80.5. The molecule has 10 aromatic rings. The fraction of sp³-hybridized carbons (Fsp3) is 0.469. The van der Waals surface area contributed by atoms with Crippen molar-refractivity contribution in [1.29, 1.82) is 0 Å². The number of aliphatic hydroxyl groups is 2. The SMILES string of the molecule is CC(C)(C)[Si](O[C@H]1C[C@@H](N)[C@@H]2C[C@@H]21)(c1ccccc1)c1ccccc1.CSc1cnc(C[C@@H]2C[C@H](O)[C@H]3C[C@@H]23)nc1.CSc1cnc(C[C@@H]2C[C@H](O[Si](c3ccccc3)(c3ccccc3)C(C)(C)C)[C@H]3C[C@@H]23)nc1.C[C@@H]1C[C@H](O[Si](c2ccccc2)(c2ccccc2)C(C)(C)C)[C@H]2C[C@H]21.C[C@H]1C=C[C@@H](O)C1.C[C@H]1C=C[C@@H](O[Si](c2ccccc2)(c2ccccc2)C(C)(C)C)C1. The highest BCUT2D eigenvalue weighted by Gasteiger charge is 2.63. The van der Waals surface area contributed by atoms with E-state index in [0.717, 1.165) is 96.0 Å². The standard InChI is InChI=1S/C28H34N2OSSi.C23H30OSi.C22H29NOSi.C22H28OSi.C12H16N2OS.C6H10O/c1-28(2,3)33(22-11-7-5-8-12-22,23-13-9-6-10-14-23)31-26-15-20(24-17-25(24)26)16-27-29-18-21(32-4)19-30-27;1-17-15-22(21-16-20(17)21)24-25(23(2,3)4,18-11-7-5-8-12-18)19-13-9-6-10-14-19;1-22(2,3)25(16-10-6-4-7-11-16,17-12-8-5-9-13-17)24-21-15-20(23)18-14-19(18)21;1-18-15-16-19(17-18)23-24(22(2,3)4,20-11-7-5-8-12-20)21-13-9-6-10-14-21;1-16-8-5-13-12(14-6-8)3-7-2-11(15)10-4-9(7)10;1-5-2-3-6(7)4-5/h5-14,18-20,24-26H,15-17H2,1-4H3;5-14,17,20-22H,15-16H2,1-4H3;4-13,18-21H,14-15,23H2,1-3H3;5-16,18-19H,17H2,1-4H3;5-7,9-11,15H,2-4H2,1H3;2-3,5-7H,4H2,1H3/t20-,24-,25-,26-;17-,20+,21+,22+;18-,19+,20-,21+;18-,19+;7-,9-,10-,11-;5-,6+/m011000/s1. The van der Waals surface area contributed by atoms with Crippen molar-refractivity contribution in [3.63, 3.8) is 0 Å². The van der Waals surface area contributed by atoms with E-state index in [2.05, 4.69) is 385 Å². The second kappa shape index (κ2) is 41.5. The predicted molar refractivity (Wildman–Crippen MR) is 552 cm³/mol. The Bertz CT molecular complexity index is 4970. The Balaban J connectivity index is 0.000000124. The van der Waals surface area contributed by atoms with Crippen LogP contribution in [0.1, 0.15) is 180 Å². The van der Waals surface area contributed by atoms with Crippen LogP contribution in [0, 0.1) is 76.9 Å². The Labute approximate surface area is 792 Å². The highest BCUT2D eigenvalue weighted by Crippen LogP contribution is 2.61. The summed E-state index contributed by atoms with van der Waals surface area (Å²) in [5.41, 5.74) is 6.35. The minimum atomic E-state index is -2.50. The minimum Gasteiger partial charge on any atom is -0.404 e. The number of nitrogens with zero attached hydrogens (tertiary/aromatic N) is 4. The number of thioether (sulfide) groups is 2. The second-order valence-corrected chi connectivity index (χ2v) is 62.2. The molecule has 0 aliphatic heterocycles. The third-order valence-electron chi connectivity index (χ3n) is 30.4. The Morgan fingerprint density at radius 1 is 0.315 bits per heavy atom. The van der Waals surface area contributed by atoms with E-state index in [0.29, 0.717) is 71.7 Å². The van der Waals surface area contributed by atoms with Crippen molar-refractivity contribution in [2.75, 3.05) is 12.5 Å². The summed E-state index contributed by atoms with van der Waals surface area (Å²) in [5, 5.41) is 29.8. The summed E-state index contributed by atoms with van der Waals surface area (Å²) in [6.45, 7) is 35.1. The first kappa shape index (κ1) is 97.2. The Morgan fingerprint density at radius 2 is 0.600 bits per heavy atom. The van der Waals surface area contributed by atoms with Gasteiger partial charge in [0.2, 0.25) is 0 Å². The number of hydrogen-bond donors (Lipinski definition) is 3. The quantitative estimate of drug-likeness (QED) is 0.0335. The Hall–Kier alpha value is -7.31. The maximum atomic E-state index is 9.73. The van der Waals surface area contributed by atoms with Gasteiger partial charge in [0.1, 0.15) is 11.6 Å². The van der Waals surface area contributed by atoms with E-state index >= 15 is 0 Å². The van der Waals surface area contributed by atoms with Crippen molar-refractivity contribution in [1.82, 2.24) is 19.9 Å². The first-order valence-electron chi connectivity index (χ1n) is 48.6. The molecule has 20 atom stereocenters. The number of fused-ring (bicyclic) bond motifs is 4. The van der Waals surface area contributed by atoms with Crippen LogP contribution in [0.15, 0.2) is 302 Å². The van der Waals surface area contributed by atoms with Crippen LogP contribution in [-0.2, 0) is 30.5 Å². The summed E-state index contributed by atoms with van der Waals surface area (Å²) >= 11 is 3.36. The van der Waals surface area contributed by atoms with Crippen LogP contribution in [0.3, 0.4) is 0 Å². The van der Waals surface area contributed by atoms with Gasteiger partial charge in [-0.2, -0.15) is 0 Å². The van der Waals surface area contributed by atoms with Crippen LogP contribution in [0.5, 0.6) is 0 Å². The summed E-state index contributed by atoms with van der Waals surface area (Å²) in [6, 6.07) is 88.1. The van der Waals surface area contributed by atoms with Gasteiger partial charge in [0, 0.05) is 65.7 Å². The van der Waals surface area contributed by atoms with Crippen molar-refractivity contribution in [3.05, 3.63) is 303 Å². The Morgan fingerprint density at radius 3 is 0.846 bits per heavy atom. The molecule has 11 nitrogen and oxygen atoms in total. The lowest BCUT2D eigenvalue weighted by molar-refractivity contribution is 0.151. The summed E-state index contributed by atoms with van der Waals surface area (Å²) in [7, 11) is -9.67. The van der Waals surface area contributed by atoms with E-state index < -0.39 is 33.3 Å². The molecule has 0 spiro atoms. The first-order chi connectivity index (χ1) is 62.3. The molecule has 8 saturated carbocycles. The lowest BCUT2D eigenvalue weighted by Crippen LogP contribution is -2.67. The van der Waals surface area contributed by atoms with Crippen molar-refractivity contribution < 1.29 is 27.9 Å². The number of hydrogen-bond acceptors (Lipinski definition) is 13. The highest BCUT2D eigenvalue weighted by atomic mass is 32.2. The van der Waals surface area contributed by atoms with Gasteiger partial charge >= 0.3 is 0 Å². The molecule has 2 aromatic heterocycles. The topological polar surface area (TPSA) is 155 Å². The molecule has 20 rings (SSSR count). The molecule has 17 heteroatoms. The molecule has 0 bridgehead atoms. The summed E-state index contributed by atoms with van der Waals surface area (Å²) < 4.78 is 29.1. The molecule has 8 fully saturated rings. The molecule has 4 N–H and O–H groups in total. The zero-order valence-corrected chi connectivity index (χ0v) is 86.1. The smallest absolute Gasteiger partial charge is 0.261 e. The van der Waals surface area contributed by atoms with Gasteiger partial charge in [0.25, 0.3) is 33.3 Å². The third-order valence-corrected chi connectivity index (χ3v) is 52.0. The number of aliphatic hydroxyl groups excluding tert-OH is 2. The molecule has 0 amide bonds. The first-order valence-corrected chi connectivity index (χ1v) is 58.7. The van der Waals surface area contributed by atoms with E-state index in [-0.39, 0.29) is 38.5 Å². The molecular formula is C113H147N5O6S2Si4. The van der Waals surface area contributed by atoms with Crippen molar-refractivity contribution in [3.8, 4) is 0 Å². The lowest BCUT2D eigenvalue weighted by Gasteiger charge is -2.45. The molecule has 10 aliphatic rings. The molecule has 2 heterocycles. The predicted octanol–water partition coefficient (Wildman–Crippen LogP) is 20.5. The minimum absolute atomic E-state index is 0.0228. The summed E-state index contributed by atoms with van der Waals surface area (Å²) in [5.74, 6) is 11.1. The van der Waals surface area contributed by atoms with Crippen molar-refractivity contribution in [2.45, 2.75) is 254 Å². The molecule has 0 saturated heterocycles. The molecule has 0 radical (unpaired) electrons. The van der Waals surface area contributed by atoms with Gasteiger partial charge in [-0.05, 0) is 215 Å². The average Bonchev–Trinajstić information content (AvgIpc) is 1.58. The van der Waals surface area contributed by atoms with Crippen LogP contribution in [0.2, 0.25) is 20.2 Å². The van der Waals surface area contributed by atoms with Crippen LogP contribution in [0.4, 0.5) is 0 Å². The fourth-order valence-corrected chi connectivity index (χ4v) is 42.9. The lowest BCUT2D eigenvalue weighted by atomic mass is 9.98. The highest BCUT2D eigenvalue weighted by molar-refractivity contribution is 7.98. The summed E-state index contributed by atoms with van der Waals surface area (Å²) in [6.07, 6.45) is 34.7. The van der Waals surface area contributed by atoms with Gasteiger partial charge in [-0.25, -0.2) is 19.9 Å². The third kappa shape index (κ3) is 21.6. The number of benzene rings is 8. The van der Waals surface area contributed by atoms with Crippen LogP contribution in [0.25, 0.3) is 0 Å². The number of allylic oxidation sites excluding steroid dienone is 2. The molecule has 688 valence electrons. The van der Waals surface area contributed by atoms with Crippen LogP contribution < -0.4 is 47.2 Å². The van der Waals surface area contributed by atoms with Gasteiger partial charge in [0.15, 0.2) is 0 Å². The number of rotatable bonds is 22. The van der Waals surface area contributed by atoms with Crippen molar-refractivity contribution in [2.24, 2.45) is 82.7 Å². The second-order valence-electron chi connectivity index (χ2n) is 43.5. The Kier molecular flexibility index (Phi) is 31.0. The van der Waals surface area contributed by atoms with E-state index in [1.807, 2.05) is 43.2 Å². The molecule has 10 aliphatic carbocycles. The normalized spacial score (nSPS) is 27.7. The number of nitrogens with two attached hydrogens (primary N) is 1. The molecule has 8 aromatic carbocycles. The number of aromatic nitrogens is 4. The van der Waals surface area contributed by atoms with Gasteiger partial charge in [-0.15, -0.1) is 23.5 Å². The monoisotopic (exact) mass is 1850 g/mol. The van der Waals surface area contributed by atoms with Gasteiger partial charge < -0.3 is 33.7 Å². The van der Waals surface area contributed by atoms with E-state index in [1.54, 1.807) is 23.5 Å². The van der Waals surface area contributed by atoms with Crippen LogP contribution in [-0.4, -0.2) is 119 Å². The molecule has 0 unspecified atom stereocenters. The van der Waals surface area contributed by atoms with Crippen LogP contribution >= 0.6 is 23.5 Å². The largest absolute Gasteiger partial charge is 0.404 e. The van der Waals surface area contributed by atoms with Gasteiger partial charge in [0.05, 0.1) is 24.4 Å². The van der Waals surface area contributed by atoms with Gasteiger partial charge in [-0.3, -0.25) is 0 Å². The summed E-state index contributed by atoms with van der Waals surface area (Å²) in [4.78, 5) is 20.3. The fourth-order valence-electron chi connectivity index (χ4n) is 23.4. The molecule has 130 heavy (non-hydrogen) atoms. The zero-order chi connectivity index (χ0) is 92.0.